The van der Waals surface area contributed by atoms with Gasteiger partial charge in [0, 0.05) is 38.3 Å². The standard InChI is InChI=1S/C22H22FN5O2S/c1-27-21(25-26-22(27)31)16-4-3-11-28(14-16)20(29)9-7-15-6-8-19(18(23)12-15)30-17-5-2-10-24-13-17/h2,5-10,12-13,16H,3-4,11,14H2,1H3,(H,26,31)/b9-7+. The second-order valence-electron chi connectivity index (χ2n) is 7.38. The van der Waals surface area contributed by atoms with Crippen molar-refractivity contribution in [2.75, 3.05) is 13.1 Å². The van der Waals surface area contributed by atoms with Crippen molar-refractivity contribution in [2.45, 2.75) is 18.8 Å². The van der Waals surface area contributed by atoms with E-state index in [-0.39, 0.29) is 17.6 Å². The number of carbonyl (C=O) groups is 1. The fourth-order valence-electron chi connectivity index (χ4n) is 3.62. The highest BCUT2D eigenvalue weighted by Gasteiger charge is 2.26. The van der Waals surface area contributed by atoms with Gasteiger partial charge in [-0.3, -0.25) is 14.9 Å². The zero-order valence-electron chi connectivity index (χ0n) is 17.0. The van der Waals surface area contributed by atoms with Gasteiger partial charge in [-0.2, -0.15) is 5.10 Å². The molecule has 1 saturated heterocycles. The van der Waals surface area contributed by atoms with Crippen LogP contribution < -0.4 is 4.74 Å². The first-order valence-corrected chi connectivity index (χ1v) is 10.4. The number of ether oxygens (including phenoxy) is 1. The molecule has 3 aromatic rings. The van der Waals surface area contributed by atoms with Gasteiger partial charge in [-0.25, -0.2) is 4.39 Å². The first-order valence-electron chi connectivity index (χ1n) is 9.97. The molecule has 160 valence electrons. The quantitative estimate of drug-likeness (QED) is 0.476. The summed E-state index contributed by atoms with van der Waals surface area (Å²) in [6.07, 6.45) is 8.05. The molecular formula is C22H22FN5O2S. The number of H-pyrrole nitrogens is 1. The lowest BCUT2D eigenvalue weighted by atomic mass is 9.97. The van der Waals surface area contributed by atoms with E-state index in [9.17, 15) is 9.18 Å². The molecule has 1 atom stereocenters. The van der Waals surface area contributed by atoms with Gasteiger partial charge in [-0.15, -0.1) is 0 Å². The Morgan fingerprint density at radius 2 is 2.26 bits per heavy atom. The number of hydrogen-bond acceptors (Lipinski definition) is 5. The number of benzene rings is 1. The zero-order chi connectivity index (χ0) is 21.8. The number of rotatable bonds is 5. The molecule has 9 heteroatoms. The SMILES string of the molecule is Cn1c(C2CCCN(C(=O)/C=C/c3ccc(Oc4cccnc4)c(F)c3)C2)n[nH]c1=S. The Bertz CT molecular complexity index is 1160. The van der Waals surface area contributed by atoms with E-state index in [4.69, 9.17) is 17.0 Å². The zero-order valence-corrected chi connectivity index (χ0v) is 17.8. The summed E-state index contributed by atoms with van der Waals surface area (Å²) in [5, 5.41) is 7.11. The fraction of sp³-hybridized carbons (Fsp3) is 0.273. The van der Waals surface area contributed by atoms with Gasteiger partial charge >= 0.3 is 0 Å². The van der Waals surface area contributed by atoms with Crippen LogP contribution in [0.15, 0.2) is 48.8 Å². The van der Waals surface area contributed by atoms with Crippen LogP contribution in [0.5, 0.6) is 11.5 Å². The largest absolute Gasteiger partial charge is 0.453 e. The van der Waals surface area contributed by atoms with Gasteiger partial charge < -0.3 is 14.2 Å². The Balaban J connectivity index is 1.41. The van der Waals surface area contributed by atoms with E-state index in [1.807, 2.05) is 11.6 Å². The highest BCUT2D eigenvalue weighted by atomic mass is 32.1. The van der Waals surface area contributed by atoms with Crippen LogP contribution in [0.4, 0.5) is 4.39 Å². The van der Waals surface area contributed by atoms with Crippen molar-refractivity contribution in [3.8, 4) is 11.5 Å². The maximum absolute atomic E-state index is 14.4. The Kier molecular flexibility index (Phi) is 6.22. The minimum atomic E-state index is -0.512. The van der Waals surface area contributed by atoms with Crippen molar-refractivity contribution in [2.24, 2.45) is 7.05 Å². The van der Waals surface area contributed by atoms with Crippen molar-refractivity contribution in [1.29, 1.82) is 0 Å². The summed E-state index contributed by atoms with van der Waals surface area (Å²) in [4.78, 5) is 18.4. The highest BCUT2D eigenvalue weighted by molar-refractivity contribution is 7.71. The molecule has 1 unspecified atom stereocenters. The molecule has 4 rings (SSSR count). The van der Waals surface area contributed by atoms with Crippen LogP contribution in [0.3, 0.4) is 0 Å². The van der Waals surface area contributed by atoms with Crippen LogP contribution in [0.2, 0.25) is 0 Å². The van der Waals surface area contributed by atoms with E-state index in [1.54, 1.807) is 35.4 Å². The molecule has 0 spiro atoms. The minimum absolute atomic E-state index is 0.100. The van der Waals surface area contributed by atoms with Crippen molar-refractivity contribution < 1.29 is 13.9 Å². The van der Waals surface area contributed by atoms with Crippen LogP contribution in [0.1, 0.15) is 30.1 Å². The van der Waals surface area contributed by atoms with Crippen molar-refractivity contribution in [3.63, 3.8) is 0 Å². The maximum atomic E-state index is 14.4. The molecule has 0 aliphatic carbocycles. The molecule has 31 heavy (non-hydrogen) atoms. The lowest BCUT2D eigenvalue weighted by molar-refractivity contribution is -0.127. The summed E-state index contributed by atoms with van der Waals surface area (Å²) in [6, 6.07) is 7.98. The summed E-state index contributed by atoms with van der Waals surface area (Å²) in [5.41, 5.74) is 0.576. The molecule has 2 aromatic heterocycles. The molecule has 1 aliphatic heterocycles. The van der Waals surface area contributed by atoms with E-state index in [1.165, 1.54) is 24.4 Å². The number of amides is 1. The predicted octanol–water partition coefficient (Wildman–Crippen LogP) is 4.22. The second-order valence-corrected chi connectivity index (χ2v) is 7.77. The van der Waals surface area contributed by atoms with Crippen LogP contribution in [-0.4, -0.2) is 43.6 Å². The number of likely N-dealkylation sites (tertiary alicyclic amines) is 1. The summed E-state index contributed by atoms with van der Waals surface area (Å²) in [6.45, 7) is 1.25. The second kappa shape index (κ2) is 9.22. The normalized spacial score (nSPS) is 16.6. The molecule has 7 nitrogen and oxygen atoms in total. The Labute approximate surface area is 184 Å². The number of aromatic amines is 1. The topological polar surface area (TPSA) is 76.0 Å². The Morgan fingerprint density at radius 1 is 1.39 bits per heavy atom. The van der Waals surface area contributed by atoms with E-state index < -0.39 is 5.82 Å². The van der Waals surface area contributed by atoms with Gasteiger partial charge in [-0.1, -0.05) is 6.07 Å². The monoisotopic (exact) mass is 439 g/mol. The summed E-state index contributed by atoms with van der Waals surface area (Å²) in [7, 11) is 1.87. The first kappa shape index (κ1) is 20.9. The fourth-order valence-corrected chi connectivity index (χ4v) is 3.76. The van der Waals surface area contributed by atoms with Crippen molar-refractivity contribution in [1.82, 2.24) is 24.6 Å². The van der Waals surface area contributed by atoms with Crippen LogP contribution in [-0.2, 0) is 11.8 Å². The minimum Gasteiger partial charge on any atom is -0.453 e. The molecule has 0 saturated carbocycles. The van der Waals surface area contributed by atoms with Gasteiger partial charge in [0.25, 0.3) is 0 Å². The number of piperidine rings is 1. The lowest BCUT2D eigenvalue weighted by Crippen LogP contribution is -2.38. The third-order valence-electron chi connectivity index (χ3n) is 5.25. The van der Waals surface area contributed by atoms with Gasteiger partial charge in [0.2, 0.25) is 5.91 Å². The number of aromatic nitrogens is 4. The number of pyridine rings is 1. The average molecular weight is 440 g/mol. The van der Waals surface area contributed by atoms with Crippen molar-refractivity contribution >= 4 is 24.2 Å². The van der Waals surface area contributed by atoms with Gasteiger partial charge in [0.05, 0.1) is 6.20 Å². The average Bonchev–Trinajstić information content (AvgIpc) is 3.13. The third-order valence-corrected chi connectivity index (χ3v) is 5.61. The number of halogens is 1. The number of carbonyl (C=O) groups excluding carboxylic acids is 1. The van der Waals surface area contributed by atoms with Gasteiger partial charge in [0.1, 0.15) is 11.6 Å². The molecule has 3 heterocycles. The number of nitrogens with zero attached hydrogens (tertiary/aromatic N) is 4. The summed E-state index contributed by atoms with van der Waals surface area (Å²) < 4.78 is 22.3. The van der Waals surface area contributed by atoms with Crippen LogP contribution >= 0.6 is 12.2 Å². The number of nitrogens with one attached hydrogen (secondary N) is 1. The van der Waals surface area contributed by atoms with Crippen LogP contribution in [0, 0.1) is 10.6 Å². The van der Waals surface area contributed by atoms with E-state index >= 15 is 0 Å². The van der Waals surface area contributed by atoms with E-state index in [0.29, 0.717) is 29.2 Å². The molecule has 0 bridgehead atoms. The molecule has 1 fully saturated rings. The summed E-state index contributed by atoms with van der Waals surface area (Å²) >= 11 is 5.19. The van der Waals surface area contributed by atoms with Gasteiger partial charge in [0.15, 0.2) is 16.3 Å². The predicted molar refractivity (Wildman–Crippen MR) is 117 cm³/mol. The molecule has 1 aliphatic rings. The van der Waals surface area contributed by atoms with E-state index in [0.717, 1.165) is 18.7 Å². The Hall–Kier alpha value is -3.33. The maximum Gasteiger partial charge on any atom is 0.246 e. The van der Waals surface area contributed by atoms with Crippen LogP contribution in [0.25, 0.3) is 6.08 Å². The molecule has 1 aromatic carbocycles. The lowest BCUT2D eigenvalue weighted by Gasteiger charge is -2.31. The first-order chi connectivity index (χ1) is 15.0. The number of hydrogen-bond donors (Lipinski definition) is 1. The Morgan fingerprint density at radius 3 is 2.97 bits per heavy atom. The molecular weight excluding hydrogens is 417 g/mol. The molecule has 1 N–H and O–H groups in total. The summed E-state index contributed by atoms with van der Waals surface area (Å²) in [5.74, 6) is 0.916. The molecule has 0 radical (unpaired) electrons. The third kappa shape index (κ3) is 4.88. The van der Waals surface area contributed by atoms with E-state index in [2.05, 4.69) is 15.2 Å². The molecule has 1 amide bonds. The highest BCUT2D eigenvalue weighted by Crippen LogP contribution is 2.27. The van der Waals surface area contributed by atoms with Crippen molar-refractivity contribution in [3.05, 3.63) is 70.8 Å². The van der Waals surface area contributed by atoms with Gasteiger partial charge in [-0.05, 0) is 61.0 Å². The smallest absolute Gasteiger partial charge is 0.246 e.